The molecule has 0 atom stereocenters. The molecule has 2 aromatic heterocycles. The molecule has 0 aliphatic carbocycles. The van der Waals surface area contributed by atoms with Crippen LogP contribution in [0.15, 0.2) is 31.0 Å². The molecule has 0 aliphatic heterocycles. The molecule has 0 amide bonds. The number of aromatic nitrogens is 3. The van der Waals surface area contributed by atoms with Crippen LogP contribution in [0.5, 0.6) is 0 Å². The van der Waals surface area contributed by atoms with E-state index in [9.17, 15) is 0 Å². The molecule has 90 valence electrons. The van der Waals surface area contributed by atoms with Gasteiger partial charge in [0.1, 0.15) is 0 Å². The van der Waals surface area contributed by atoms with E-state index in [-0.39, 0.29) is 5.54 Å². The maximum atomic E-state index is 6.12. The fourth-order valence-corrected chi connectivity index (χ4v) is 1.85. The smallest absolute Gasteiger partial charge is 0.0951 e. The Morgan fingerprint density at radius 3 is 2.71 bits per heavy atom. The van der Waals surface area contributed by atoms with Crippen molar-refractivity contribution >= 4 is 0 Å². The lowest BCUT2D eigenvalue weighted by molar-refractivity contribution is 0.503. The number of pyridine rings is 1. The summed E-state index contributed by atoms with van der Waals surface area (Å²) in [4.78, 5) is 8.28. The van der Waals surface area contributed by atoms with Crippen molar-refractivity contribution in [2.24, 2.45) is 5.73 Å². The molecule has 4 heteroatoms. The van der Waals surface area contributed by atoms with Crippen molar-refractivity contribution in [3.05, 3.63) is 47.8 Å². The Bertz CT molecular complexity index is 508. The van der Waals surface area contributed by atoms with E-state index in [1.165, 1.54) is 11.1 Å². The van der Waals surface area contributed by atoms with E-state index in [0.29, 0.717) is 0 Å². The van der Waals surface area contributed by atoms with Crippen LogP contribution in [-0.2, 0) is 12.1 Å². The van der Waals surface area contributed by atoms with Crippen molar-refractivity contribution in [1.29, 1.82) is 0 Å². The minimum atomic E-state index is -0.378. The molecule has 2 N–H and O–H groups in total. The minimum Gasteiger partial charge on any atom is -0.328 e. The molecule has 2 rings (SSSR count). The van der Waals surface area contributed by atoms with E-state index < -0.39 is 0 Å². The summed E-state index contributed by atoms with van der Waals surface area (Å²) in [7, 11) is 0. The number of hydrogen-bond acceptors (Lipinski definition) is 3. The van der Waals surface area contributed by atoms with Gasteiger partial charge in [-0.1, -0.05) is 0 Å². The minimum absolute atomic E-state index is 0.378. The van der Waals surface area contributed by atoms with Gasteiger partial charge in [0.15, 0.2) is 0 Å². The molecule has 2 aromatic rings. The average molecular weight is 230 g/mol. The SMILES string of the molecule is Cc1cnccc1Cn1cncc1C(C)(C)N. The summed E-state index contributed by atoms with van der Waals surface area (Å²) in [5, 5.41) is 0. The molecule has 0 aromatic carbocycles. The summed E-state index contributed by atoms with van der Waals surface area (Å²) >= 11 is 0. The summed E-state index contributed by atoms with van der Waals surface area (Å²) < 4.78 is 2.09. The Morgan fingerprint density at radius 1 is 1.29 bits per heavy atom. The molecule has 17 heavy (non-hydrogen) atoms. The van der Waals surface area contributed by atoms with E-state index in [2.05, 4.69) is 21.5 Å². The predicted octanol–water partition coefficient (Wildman–Crippen LogP) is 1.83. The van der Waals surface area contributed by atoms with Crippen LogP contribution >= 0.6 is 0 Å². The lowest BCUT2D eigenvalue weighted by atomic mass is 10.0. The van der Waals surface area contributed by atoms with Gasteiger partial charge in [-0.15, -0.1) is 0 Å². The van der Waals surface area contributed by atoms with Gasteiger partial charge >= 0.3 is 0 Å². The normalized spacial score (nSPS) is 11.8. The predicted molar refractivity (Wildman–Crippen MR) is 67.5 cm³/mol. The van der Waals surface area contributed by atoms with Crippen LogP contribution in [0, 0.1) is 6.92 Å². The molecule has 0 spiro atoms. The van der Waals surface area contributed by atoms with Crippen LogP contribution in [0.2, 0.25) is 0 Å². The first-order valence-electron chi connectivity index (χ1n) is 5.67. The number of rotatable bonds is 3. The van der Waals surface area contributed by atoms with Gasteiger partial charge in [0.05, 0.1) is 17.6 Å². The Hall–Kier alpha value is -1.68. The largest absolute Gasteiger partial charge is 0.328 e. The van der Waals surface area contributed by atoms with Crippen LogP contribution in [0.1, 0.15) is 30.7 Å². The topological polar surface area (TPSA) is 56.7 Å². The monoisotopic (exact) mass is 230 g/mol. The van der Waals surface area contributed by atoms with Gasteiger partial charge in [-0.05, 0) is 38.0 Å². The Labute approximate surface area is 102 Å². The van der Waals surface area contributed by atoms with Gasteiger partial charge in [0.25, 0.3) is 0 Å². The highest BCUT2D eigenvalue weighted by molar-refractivity contribution is 5.23. The lowest BCUT2D eigenvalue weighted by Gasteiger charge is -2.21. The van der Waals surface area contributed by atoms with Crippen LogP contribution in [0.4, 0.5) is 0 Å². The van der Waals surface area contributed by atoms with Crippen molar-refractivity contribution in [2.45, 2.75) is 32.9 Å². The third kappa shape index (κ3) is 2.53. The van der Waals surface area contributed by atoms with E-state index in [1.54, 1.807) is 0 Å². The maximum absolute atomic E-state index is 6.12. The van der Waals surface area contributed by atoms with Gasteiger partial charge in [0.2, 0.25) is 0 Å². The zero-order chi connectivity index (χ0) is 12.5. The van der Waals surface area contributed by atoms with Gasteiger partial charge < -0.3 is 10.3 Å². The van der Waals surface area contributed by atoms with Gasteiger partial charge in [-0.25, -0.2) is 4.98 Å². The molecule has 4 nitrogen and oxygen atoms in total. The molecule has 2 heterocycles. The first-order chi connectivity index (χ1) is 7.98. The Balaban J connectivity index is 2.32. The van der Waals surface area contributed by atoms with Crippen molar-refractivity contribution in [2.75, 3.05) is 0 Å². The van der Waals surface area contributed by atoms with Crippen molar-refractivity contribution < 1.29 is 0 Å². The summed E-state index contributed by atoms with van der Waals surface area (Å²) in [6, 6.07) is 2.03. The summed E-state index contributed by atoms with van der Waals surface area (Å²) in [5.41, 5.74) is 9.20. The van der Waals surface area contributed by atoms with Crippen LogP contribution in [0.3, 0.4) is 0 Å². The van der Waals surface area contributed by atoms with Crippen molar-refractivity contribution in [3.8, 4) is 0 Å². The van der Waals surface area contributed by atoms with Gasteiger partial charge in [-0.3, -0.25) is 4.98 Å². The number of nitrogens with two attached hydrogens (primary N) is 1. The first-order valence-corrected chi connectivity index (χ1v) is 5.67. The second kappa shape index (κ2) is 4.30. The summed E-state index contributed by atoms with van der Waals surface area (Å²) in [6.45, 7) is 6.82. The fraction of sp³-hybridized carbons (Fsp3) is 0.385. The van der Waals surface area contributed by atoms with Gasteiger partial charge in [-0.2, -0.15) is 0 Å². The van der Waals surface area contributed by atoms with E-state index in [4.69, 9.17) is 5.73 Å². The van der Waals surface area contributed by atoms with Crippen molar-refractivity contribution in [1.82, 2.24) is 14.5 Å². The van der Waals surface area contributed by atoms with Gasteiger partial charge in [0, 0.05) is 25.1 Å². The highest BCUT2D eigenvalue weighted by atomic mass is 15.1. The Morgan fingerprint density at radius 2 is 2.06 bits per heavy atom. The number of aryl methyl sites for hydroxylation is 1. The lowest BCUT2D eigenvalue weighted by Crippen LogP contribution is -2.31. The number of imidazole rings is 1. The number of hydrogen-bond donors (Lipinski definition) is 1. The standard InChI is InChI=1S/C13H18N4/c1-10-6-15-5-4-11(10)8-17-9-16-7-12(17)13(2,3)14/h4-7,9H,8,14H2,1-3H3. The summed E-state index contributed by atoms with van der Waals surface area (Å²) in [5.74, 6) is 0. The zero-order valence-corrected chi connectivity index (χ0v) is 10.5. The second-order valence-electron chi connectivity index (χ2n) is 4.93. The second-order valence-corrected chi connectivity index (χ2v) is 4.93. The highest BCUT2D eigenvalue weighted by Gasteiger charge is 2.19. The van der Waals surface area contributed by atoms with Crippen LogP contribution < -0.4 is 5.73 Å². The molecular weight excluding hydrogens is 212 g/mol. The average Bonchev–Trinajstić information content (AvgIpc) is 2.69. The molecule has 0 bridgehead atoms. The van der Waals surface area contributed by atoms with Crippen LogP contribution in [0.25, 0.3) is 0 Å². The third-order valence-electron chi connectivity index (χ3n) is 2.85. The summed E-state index contributed by atoms with van der Waals surface area (Å²) in [6.07, 6.45) is 7.34. The molecule has 0 saturated carbocycles. The fourth-order valence-electron chi connectivity index (χ4n) is 1.85. The molecule has 0 unspecified atom stereocenters. The highest BCUT2D eigenvalue weighted by Crippen LogP contribution is 2.18. The van der Waals surface area contributed by atoms with Crippen molar-refractivity contribution in [3.63, 3.8) is 0 Å². The zero-order valence-electron chi connectivity index (χ0n) is 10.5. The van der Waals surface area contributed by atoms with Crippen LogP contribution in [-0.4, -0.2) is 14.5 Å². The van der Waals surface area contributed by atoms with E-state index >= 15 is 0 Å². The molecule has 0 saturated heterocycles. The third-order valence-corrected chi connectivity index (χ3v) is 2.85. The molecule has 0 fully saturated rings. The molecule has 0 radical (unpaired) electrons. The number of nitrogens with zero attached hydrogens (tertiary/aromatic N) is 3. The first kappa shape index (κ1) is 11.8. The molecule has 0 aliphatic rings. The van der Waals surface area contributed by atoms with E-state index in [1.807, 2.05) is 44.8 Å². The van der Waals surface area contributed by atoms with E-state index in [0.717, 1.165) is 12.2 Å². The maximum Gasteiger partial charge on any atom is 0.0951 e. The molecular formula is C13H18N4. The Kier molecular flexibility index (Phi) is 2.98. The quantitative estimate of drug-likeness (QED) is 0.875.